The van der Waals surface area contributed by atoms with Crippen molar-refractivity contribution in [3.05, 3.63) is 165 Å². The molecular formula is C42H42N2O2. The van der Waals surface area contributed by atoms with E-state index in [4.69, 9.17) is 9.98 Å². The zero-order valence-corrected chi connectivity index (χ0v) is 26.9. The summed E-state index contributed by atoms with van der Waals surface area (Å²) >= 11 is 0. The highest BCUT2D eigenvalue weighted by Gasteiger charge is 2.40. The van der Waals surface area contributed by atoms with Crippen molar-refractivity contribution in [2.75, 3.05) is 0 Å². The largest absolute Gasteiger partial charge is 0.507 e. The Balaban J connectivity index is 1.44. The van der Waals surface area contributed by atoms with E-state index in [1.165, 1.54) is 0 Å². The first-order chi connectivity index (χ1) is 22.4. The molecule has 232 valence electrons. The van der Waals surface area contributed by atoms with Crippen LogP contribution in [0.3, 0.4) is 0 Å². The highest BCUT2D eigenvalue weighted by atomic mass is 16.3. The van der Waals surface area contributed by atoms with Crippen LogP contribution in [-0.2, 0) is 5.41 Å². The lowest BCUT2D eigenvalue weighted by molar-refractivity contribution is 0.390. The molecule has 0 heterocycles. The second kappa shape index (κ2) is 13.6. The van der Waals surface area contributed by atoms with Crippen molar-refractivity contribution in [3.8, 4) is 11.5 Å². The molecule has 0 aliphatic heterocycles. The van der Waals surface area contributed by atoms with Crippen LogP contribution in [0.25, 0.3) is 0 Å². The topological polar surface area (TPSA) is 65.2 Å². The number of phenols is 2. The van der Waals surface area contributed by atoms with Gasteiger partial charge in [0.2, 0.25) is 0 Å². The van der Waals surface area contributed by atoms with E-state index in [0.717, 1.165) is 70.2 Å². The van der Waals surface area contributed by atoms with Crippen molar-refractivity contribution in [2.24, 2.45) is 9.98 Å². The first kappa shape index (κ1) is 31.0. The lowest BCUT2D eigenvalue weighted by Crippen LogP contribution is -2.31. The molecule has 46 heavy (non-hydrogen) atoms. The second-order valence-corrected chi connectivity index (χ2v) is 12.6. The first-order valence-corrected chi connectivity index (χ1v) is 16.2. The maximum absolute atomic E-state index is 12.2. The molecule has 5 aromatic rings. The van der Waals surface area contributed by atoms with Crippen molar-refractivity contribution in [1.82, 2.24) is 0 Å². The van der Waals surface area contributed by atoms with E-state index >= 15 is 0 Å². The quantitative estimate of drug-likeness (QED) is 0.137. The van der Waals surface area contributed by atoms with Crippen LogP contribution in [0.2, 0.25) is 0 Å². The third kappa shape index (κ3) is 6.12. The van der Waals surface area contributed by atoms with Crippen LogP contribution in [-0.4, -0.2) is 34.7 Å². The molecule has 5 aromatic carbocycles. The Bertz CT molecular complexity index is 1750. The number of benzene rings is 5. The zero-order valence-electron chi connectivity index (χ0n) is 26.9. The van der Waals surface area contributed by atoms with Gasteiger partial charge in [0.05, 0.1) is 17.5 Å². The number of aromatic hydroxyl groups is 2. The van der Waals surface area contributed by atoms with E-state index in [1.54, 1.807) is 0 Å². The van der Waals surface area contributed by atoms with Crippen LogP contribution in [0.4, 0.5) is 0 Å². The lowest BCUT2D eigenvalue weighted by atomic mass is 9.64. The van der Waals surface area contributed by atoms with Gasteiger partial charge in [-0.1, -0.05) is 116 Å². The highest BCUT2D eigenvalue weighted by molar-refractivity contribution is 5.86. The summed E-state index contributed by atoms with van der Waals surface area (Å²) in [4.78, 5) is 10.0. The highest BCUT2D eigenvalue weighted by Crippen LogP contribution is 2.49. The SMILES string of the molecule is Cc1cc(C)c(O)c(C=NC2CCCCC2N=Cc2cc(C)cc(C(c3ccccc3)(c3ccccc3)c3ccccc3)c2O)c1. The van der Waals surface area contributed by atoms with Gasteiger partial charge < -0.3 is 10.2 Å². The van der Waals surface area contributed by atoms with Gasteiger partial charge in [-0.3, -0.25) is 9.98 Å². The van der Waals surface area contributed by atoms with E-state index < -0.39 is 5.41 Å². The fourth-order valence-electron chi connectivity index (χ4n) is 7.10. The smallest absolute Gasteiger partial charge is 0.129 e. The molecule has 1 aliphatic carbocycles. The van der Waals surface area contributed by atoms with Crippen LogP contribution >= 0.6 is 0 Å². The number of aryl methyl sites for hydroxylation is 3. The standard InChI is InChI=1S/C42H42N2O2/c1-29-23-31(3)40(45)32(24-29)27-43-38-21-13-14-22-39(38)44-28-33-25-30(2)26-37(41(33)46)42(34-15-7-4-8-16-34,35-17-9-5-10-18-35)36-19-11-6-12-20-36/h4-12,15-20,23-28,38-39,45-46H,13-14,21-22H2,1-3H3. The van der Waals surface area contributed by atoms with Gasteiger partial charge in [0, 0.05) is 29.1 Å². The van der Waals surface area contributed by atoms with Gasteiger partial charge in [-0.25, -0.2) is 0 Å². The molecule has 2 N–H and O–H groups in total. The minimum atomic E-state index is -0.756. The number of hydrogen-bond acceptors (Lipinski definition) is 4. The van der Waals surface area contributed by atoms with Crippen LogP contribution in [0, 0.1) is 20.8 Å². The molecular weight excluding hydrogens is 564 g/mol. The van der Waals surface area contributed by atoms with E-state index in [2.05, 4.69) is 85.8 Å². The van der Waals surface area contributed by atoms with E-state index in [0.29, 0.717) is 5.56 Å². The molecule has 0 amide bonds. The molecule has 4 heteroatoms. The molecule has 0 spiro atoms. The number of hydrogen-bond donors (Lipinski definition) is 2. The summed E-state index contributed by atoms with van der Waals surface area (Å²) < 4.78 is 0. The average molecular weight is 607 g/mol. The summed E-state index contributed by atoms with van der Waals surface area (Å²) in [6, 6.07) is 39.4. The molecule has 1 saturated carbocycles. The van der Waals surface area contributed by atoms with Crippen molar-refractivity contribution in [3.63, 3.8) is 0 Å². The molecule has 0 radical (unpaired) electrons. The average Bonchev–Trinajstić information content (AvgIpc) is 3.08. The number of nitrogens with zero attached hydrogens (tertiary/aromatic N) is 2. The Hall–Kier alpha value is -4.96. The molecule has 4 nitrogen and oxygen atoms in total. The van der Waals surface area contributed by atoms with Gasteiger partial charge >= 0.3 is 0 Å². The third-order valence-electron chi connectivity index (χ3n) is 9.29. The molecule has 2 atom stereocenters. The Morgan fingerprint density at radius 1 is 0.565 bits per heavy atom. The lowest BCUT2D eigenvalue weighted by Gasteiger charge is -2.37. The summed E-state index contributed by atoms with van der Waals surface area (Å²) in [5.74, 6) is 0.503. The molecule has 0 saturated heterocycles. The van der Waals surface area contributed by atoms with Crippen LogP contribution in [0.1, 0.15) is 75.8 Å². The van der Waals surface area contributed by atoms with Crippen LogP contribution < -0.4 is 0 Å². The maximum Gasteiger partial charge on any atom is 0.129 e. The predicted octanol–water partition coefficient (Wildman–Crippen LogP) is 9.25. The molecule has 6 rings (SSSR count). The number of phenolic OH excluding ortho intramolecular Hbond substituents is 2. The molecule has 1 fully saturated rings. The van der Waals surface area contributed by atoms with E-state index in [-0.39, 0.29) is 23.6 Å². The number of rotatable bonds is 8. The molecule has 0 aromatic heterocycles. The van der Waals surface area contributed by atoms with Crippen molar-refractivity contribution in [1.29, 1.82) is 0 Å². The summed E-state index contributed by atoms with van der Waals surface area (Å²) in [5, 5.41) is 22.8. The summed E-state index contributed by atoms with van der Waals surface area (Å²) in [7, 11) is 0. The van der Waals surface area contributed by atoms with Crippen molar-refractivity contribution < 1.29 is 10.2 Å². The van der Waals surface area contributed by atoms with E-state index in [1.807, 2.05) is 62.7 Å². The summed E-state index contributed by atoms with van der Waals surface area (Å²) in [5.41, 5.74) is 7.72. The first-order valence-electron chi connectivity index (χ1n) is 16.2. The fourth-order valence-corrected chi connectivity index (χ4v) is 7.10. The summed E-state index contributed by atoms with van der Waals surface area (Å²) in [6.07, 6.45) is 7.72. The van der Waals surface area contributed by atoms with Crippen LogP contribution in [0.5, 0.6) is 11.5 Å². The van der Waals surface area contributed by atoms with Gasteiger partial charge in [0.1, 0.15) is 11.5 Å². The minimum absolute atomic E-state index is 0.00804. The maximum atomic E-state index is 12.2. The second-order valence-electron chi connectivity index (χ2n) is 12.6. The summed E-state index contributed by atoms with van der Waals surface area (Å²) in [6.45, 7) is 6.02. The third-order valence-corrected chi connectivity index (χ3v) is 9.29. The minimum Gasteiger partial charge on any atom is -0.507 e. The van der Waals surface area contributed by atoms with Crippen molar-refractivity contribution >= 4 is 12.4 Å². The normalized spacial score (nSPS) is 17.1. The fraction of sp³-hybridized carbons (Fsp3) is 0.238. The van der Waals surface area contributed by atoms with Crippen molar-refractivity contribution in [2.45, 2.75) is 64.0 Å². The Kier molecular flexibility index (Phi) is 9.16. The van der Waals surface area contributed by atoms with Crippen LogP contribution in [0.15, 0.2) is 125 Å². The number of aliphatic imine (C=N–C) groups is 2. The Labute approximate surface area is 272 Å². The Morgan fingerprint density at radius 2 is 0.978 bits per heavy atom. The predicted molar refractivity (Wildman–Crippen MR) is 190 cm³/mol. The van der Waals surface area contributed by atoms with E-state index in [9.17, 15) is 10.2 Å². The molecule has 2 unspecified atom stereocenters. The van der Waals surface area contributed by atoms with Gasteiger partial charge in [0.25, 0.3) is 0 Å². The molecule has 0 bridgehead atoms. The van der Waals surface area contributed by atoms with Gasteiger partial charge in [-0.2, -0.15) is 0 Å². The van der Waals surface area contributed by atoms with Gasteiger partial charge in [-0.05, 0) is 79.1 Å². The Morgan fingerprint density at radius 3 is 1.43 bits per heavy atom. The monoisotopic (exact) mass is 606 g/mol. The molecule has 1 aliphatic rings. The zero-order chi connectivity index (χ0) is 32.1. The van der Waals surface area contributed by atoms with Gasteiger partial charge in [-0.15, -0.1) is 0 Å². The van der Waals surface area contributed by atoms with Gasteiger partial charge in [0.15, 0.2) is 0 Å².